The third-order valence-electron chi connectivity index (χ3n) is 7.80. The molecule has 0 aromatic heterocycles. The minimum atomic E-state index is 0.578. The normalized spacial score (nSPS) is 39.8. The molecule has 1 N–H and O–H groups in total. The van der Waals surface area contributed by atoms with Crippen LogP contribution in [0.5, 0.6) is 0 Å². The van der Waals surface area contributed by atoms with Crippen molar-refractivity contribution in [1.82, 2.24) is 5.32 Å². The molecule has 1 aliphatic heterocycles. The van der Waals surface area contributed by atoms with E-state index in [0.29, 0.717) is 12.0 Å². The van der Waals surface area contributed by atoms with Crippen molar-refractivity contribution in [2.75, 3.05) is 0 Å². The summed E-state index contributed by atoms with van der Waals surface area (Å²) in [5, 5.41) is 5.61. The molecule has 0 aromatic carbocycles. The smallest absolute Gasteiger partial charge is 0.0230 e. The molecule has 0 radical (unpaired) electrons. The summed E-state index contributed by atoms with van der Waals surface area (Å²) in [6.45, 7) is 16.3. The van der Waals surface area contributed by atoms with Crippen molar-refractivity contribution in [3.8, 4) is 0 Å². The minimum Gasteiger partial charge on any atom is -0.386 e. The van der Waals surface area contributed by atoms with Crippen LogP contribution in [0.2, 0.25) is 0 Å². The van der Waals surface area contributed by atoms with E-state index in [4.69, 9.17) is 0 Å². The molecule has 2 heteroatoms. The van der Waals surface area contributed by atoms with Crippen molar-refractivity contribution in [2.45, 2.75) is 109 Å². The summed E-state index contributed by atoms with van der Waals surface area (Å²) in [5.74, 6) is 4.50. The van der Waals surface area contributed by atoms with E-state index >= 15 is 0 Å². The zero-order valence-electron chi connectivity index (χ0n) is 19.2. The second-order valence-corrected chi connectivity index (χ2v) is 11.7. The van der Waals surface area contributed by atoms with Crippen LogP contribution in [-0.2, 0) is 0 Å². The Labute approximate surface area is 179 Å². The Hall–Kier alpha value is -0.370. The van der Waals surface area contributed by atoms with Gasteiger partial charge in [-0.1, -0.05) is 65.5 Å². The number of nitrogens with one attached hydrogen (secondary N) is 1. The summed E-state index contributed by atoms with van der Waals surface area (Å²) in [6, 6.07) is 0.578. The van der Waals surface area contributed by atoms with Crippen molar-refractivity contribution in [3.05, 3.63) is 23.9 Å². The van der Waals surface area contributed by atoms with E-state index in [9.17, 15) is 0 Å². The Balaban J connectivity index is 1.65. The highest BCUT2D eigenvalue weighted by molar-refractivity contribution is 8.02. The lowest BCUT2D eigenvalue weighted by molar-refractivity contribution is 0.144. The molecule has 160 valence electrons. The first kappa shape index (κ1) is 22.3. The molecule has 0 amide bonds. The van der Waals surface area contributed by atoms with Gasteiger partial charge >= 0.3 is 0 Å². The SMILES string of the molecule is C=C1C=C(NC(C)CCC)C(C2SC(C3CCC(C)CC3CCC)C2C)CC1. The molecular formula is C26H45NS. The van der Waals surface area contributed by atoms with Gasteiger partial charge in [0.1, 0.15) is 0 Å². The van der Waals surface area contributed by atoms with E-state index in [0.717, 1.165) is 34.2 Å². The van der Waals surface area contributed by atoms with Gasteiger partial charge < -0.3 is 5.32 Å². The van der Waals surface area contributed by atoms with Crippen molar-refractivity contribution < 1.29 is 0 Å². The summed E-state index contributed by atoms with van der Waals surface area (Å²) in [6.07, 6.45) is 14.6. The maximum Gasteiger partial charge on any atom is 0.0230 e. The first-order chi connectivity index (χ1) is 13.4. The Morgan fingerprint density at radius 2 is 1.93 bits per heavy atom. The van der Waals surface area contributed by atoms with E-state index in [1.807, 2.05) is 0 Å². The Morgan fingerprint density at radius 1 is 1.14 bits per heavy atom. The molecule has 1 saturated carbocycles. The van der Waals surface area contributed by atoms with Gasteiger partial charge in [0, 0.05) is 28.2 Å². The van der Waals surface area contributed by atoms with Crippen molar-refractivity contribution in [2.24, 2.45) is 29.6 Å². The van der Waals surface area contributed by atoms with Gasteiger partial charge in [-0.25, -0.2) is 0 Å². The van der Waals surface area contributed by atoms with Gasteiger partial charge in [-0.15, -0.1) is 0 Å². The predicted octanol–water partition coefficient (Wildman–Crippen LogP) is 7.59. The zero-order chi connectivity index (χ0) is 20.3. The quantitative estimate of drug-likeness (QED) is 0.448. The van der Waals surface area contributed by atoms with Gasteiger partial charge in [0.25, 0.3) is 0 Å². The summed E-state index contributed by atoms with van der Waals surface area (Å²) in [4.78, 5) is 0. The summed E-state index contributed by atoms with van der Waals surface area (Å²) < 4.78 is 0. The second kappa shape index (κ2) is 10.1. The van der Waals surface area contributed by atoms with Gasteiger partial charge in [-0.2, -0.15) is 11.8 Å². The Bertz CT molecular complexity index is 553. The molecule has 28 heavy (non-hydrogen) atoms. The predicted molar refractivity (Wildman–Crippen MR) is 127 cm³/mol. The van der Waals surface area contributed by atoms with Crippen molar-refractivity contribution in [1.29, 1.82) is 0 Å². The molecule has 1 saturated heterocycles. The van der Waals surface area contributed by atoms with Gasteiger partial charge in [-0.05, 0) is 68.8 Å². The largest absolute Gasteiger partial charge is 0.386 e. The van der Waals surface area contributed by atoms with Crippen LogP contribution in [0, 0.1) is 29.6 Å². The lowest BCUT2D eigenvalue weighted by atomic mass is 9.68. The van der Waals surface area contributed by atoms with E-state index in [1.54, 1.807) is 0 Å². The van der Waals surface area contributed by atoms with Crippen LogP contribution in [0.15, 0.2) is 23.9 Å². The molecule has 8 atom stereocenters. The molecule has 0 bridgehead atoms. The highest BCUT2D eigenvalue weighted by Gasteiger charge is 2.49. The third kappa shape index (κ3) is 5.02. The van der Waals surface area contributed by atoms with Crippen LogP contribution in [-0.4, -0.2) is 16.5 Å². The maximum atomic E-state index is 4.28. The minimum absolute atomic E-state index is 0.578. The van der Waals surface area contributed by atoms with Crippen LogP contribution in [0.4, 0.5) is 0 Å². The van der Waals surface area contributed by atoms with Crippen molar-refractivity contribution >= 4 is 11.8 Å². The van der Waals surface area contributed by atoms with Gasteiger partial charge in [0.15, 0.2) is 0 Å². The first-order valence-electron chi connectivity index (χ1n) is 12.3. The number of thioether (sulfide) groups is 1. The number of hydrogen-bond acceptors (Lipinski definition) is 2. The molecule has 3 rings (SSSR count). The molecule has 0 aromatic rings. The molecule has 1 nitrogen and oxygen atoms in total. The Kier molecular flexibility index (Phi) is 8.05. The second-order valence-electron chi connectivity index (χ2n) is 10.3. The molecule has 2 fully saturated rings. The average Bonchev–Trinajstić information content (AvgIpc) is 2.64. The van der Waals surface area contributed by atoms with Crippen LogP contribution in [0.25, 0.3) is 0 Å². The number of hydrogen-bond donors (Lipinski definition) is 1. The molecule has 1 heterocycles. The topological polar surface area (TPSA) is 12.0 Å². The summed E-state index contributed by atoms with van der Waals surface area (Å²) in [5.41, 5.74) is 2.82. The van der Waals surface area contributed by atoms with Crippen LogP contribution >= 0.6 is 11.8 Å². The number of rotatable bonds is 8. The lowest BCUT2D eigenvalue weighted by Crippen LogP contribution is -2.51. The van der Waals surface area contributed by atoms with Crippen LogP contribution in [0.3, 0.4) is 0 Å². The van der Waals surface area contributed by atoms with Gasteiger partial charge in [-0.3, -0.25) is 0 Å². The standard InChI is InChI=1S/C26H45NS/c1-7-9-19(5)27-24-16-18(4)12-14-23(24)26-20(6)25(28-26)22-13-11-17(3)15-21(22)10-8-2/h16-17,19-23,25-27H,4,7-15H2,1-3,5-6H3. The average molecular weight is 404 g/mol. The molecule has 0 spiro atoms. The summed E-state index contributed by atoms with van der Waals surface area (Å²) >= 11 is 2.36. The van der Waals surface area contributed by atoms with Gasteiger partial charge in [0.05, 0.1) is 0 Å². The van der Waals surface area contributed by atoms with E-state index in [2.05, 4.69) is 64.4 Å². The van der Waals surface area contributed by atoms with E-state index in [-0.39, 0.29) is 0 Å². The molecule has 8 unspecified atom stereocenters. The highest BCUT2D eigenvalue weighted by Crippen LogP contribution is 2.56. The van der Waals surface area contributed by atoms with E-state index < -0.39 is 0 Å². The first-order valence-corrected chi connectivity index (χ1v) is 13.2. The third-order valence-corrected chi connectivity index (χ3v) is 9.97. The molecule has 2 aliphatic carbocycles. The lowest BCUT2D eigenvalue weighted by Gasteiger charge is -2.54. The maximum absolute atomic E-state index is 4.28. The summed E-state index contributed by atoms with van der Waals surface area (Å²) in [7, 11) is 0. The fourth-order valence-corrected chi connectivity index (χ4v) is 8.27. The molecule has 3 aliphatic rings. The highest BCUT2D eigenvalue weighted by atomic mass is 32.2. The van der Waals surface area contributed by atoms with Crippen LogP contribution < -0.4 is 5.32 Å². The molecular weight excluding hydrogens is 358 g/mol. The van der Waals surface area contributed by atoms with Crippen LogP contribution in [0.1, 0.15) is 92.4 Å². The zero-order valence-corrected chi connectivity index (χ0v) is 20.0. The van der Waals surface area contributed by atoms with E-state index in [1.165, 1.54) is 69.1 Å². The number of allylic oxidation sites excluding steroid dienone is 3. The van der Waals surface area contributed by atoms with Gasteiger partial charge in [0.2, 0.25) is 0 Å². The fraction of sp³-hybridized carbons (Fsp3) is 0.846. The fourth-order valence-electron chi connectivity index (χ4n) is 6.31. The van der Waals surface area contributed by atoms with Crippen molar-refractivity contribution in [3.63, 3.8) is 0 Å². The monoisotopic (exact) mass is 403 g/mol. The Morgan fingerprint density at radius 3 is 2.61 bits per heavy atom.